The third kappa shape index (κ3) is 3.47. The Hall–Kier alpha value is -1.68. The first kappa shape index (κ1) is 12.4. The van der Waals surface area contributed by atoms with E-state index in [1.54, 1.807) is 6.08 Å². The van der Waals surface area contributed by atoms with Crippen molar-refractivity contribution >= 4 is 5.97 Å². The molecule has 0 heterocycles. The number of carbonyl (C=O) groups is 1. The van der Waals surface area contributed by atoms with Crippen molar-refractivity contribution in [3.8, 4) is 0 Å². The topological polar surface area (TPSA) is 46.5 Å². The molecule has 0 amide bonds. The lowest BCUT2D eigenvalue weighted by atomic mass is 10.1. The molecular weight excluding hydrogens is 211 g/mol. The number of carboxylic acid groups (broad SMARTS) is 1. The summed E-state index contributed by atoms with van der Waals surface area (Å²) in [5.74, 6) is -1.53. The zero-order chi connectivity index (χ0) is 12.0. The van der Waals surface area contributed by atoms with E-state index in [1.165, 1.54) is 12.1 Å². The van der Waals surface area contributed by atoms with E-state index in [4.69, 9.17) is 9.84 Å². The van der Waals surface area contributed by atoms with Crippen LogP contribution in [0.25, 0.3) is 0 Å². The SMILES string of the molecule is CC=CCOCc1cc(C(=O)O)ccc1F. The number of hydrogen-bond donors (Lipinski definition) is 1. The number of carboxylic acids is 1. The zero-order valence-corrected chi connectivity index (χ0v) is 8.94. The molecule has 0 fully saturated rings. The van der Waals surface area contributed by atoms with E-state index in [2.05, 4.69) is 0 Å². The molecule has 0 unspecified atom stereocenters. The number of benzene rings is 1. The number of halogens is 1. The van der Waals surface area contributed by atoms with Crippen LogP contribution in [0.4, 0.5) is 4.39 Å². The van der Waals surface area contributed by atoms with Crippen LogP contribution in [-0.4, -0.2) is 17.7 Å². The van der Waals surface area contributed by atoms with Gasteiger partial charge in [0.1, 0.15) is 5.82 Å². The normalized spacial score (nSPS) is 10.9. The maximum absolute atomic E-state index is 13.3. The van der Waals surface area contributed by atoms with E-state index in [0.717, 1.165) is 6.07 Å². The summed E-state index contributed by atoms with van der Waals surface area (Å²) in [6.45, 7) is 2.31. The summed E-state index contributed by atoms with van der Waals surface area (Å²) in [4.78, 5) is 10.7. The highest BCUT2D eigenvalue weighted by molar-refractivity contribution is 5.87. The van der Waals surface area contributed by atoms with Gasteiger partial charge < -0.3 is 9.84 Å². The van der Waals surface area contributed by atoms with Crippen molar-refractivity contribution in [1.82, 2.24) is 0 Å². The van der Waals surface area contributed by atoms with E-state index in [0.29, 0.717) is 6.61 Å². The van der Waals surface area contributed by atoms with Crippen molar-refractivity contribution in [2.75, 3.05) is 6.61 Å². The second-order valence-electron chi connectivity index (χ2n) is 3.20. The number of allylic oxidation sites excluding steroid dienone is 1. The molecule has 0 aliphatic rings. The van der Waals surface area contributed by atoms with Crippen LogP contribution in [0.5, 0.6) is 0 Å². The Morgan fingerprint density at radius 3 is 2.94 bits per heavy atom. The molecule has 0 bridgehead atoms. The molecule has 1 rings (SSSR count). The molecule has 86 valence electrons. The molecule has 0 aromatic heterocycles. The minimum absolute atomic E-state index is 0.0611. The van der Waals surface area contributed by atoms with Crippen molar-refractivity contribution in [3.63, 3.8) is 0 Å². The highest BCUT2D eigenvalue weighted by Crippen LogP contribution is 2.12. The van der Waals surface area contributed by atoms with Gasteiger partial charge in [-0.1, -0.05) is 12.2 Å². The molecule has 1 aromatic carbocycles. The highest BCUT2D eigenvalue weighted by Gasteiger charge is 2.07. The van der Waals surface area contributed by atoms with Crippen LogP contribution >= 0.6 is 0 Å². The Morgan fingerprint density at radius 1 is 1.56 bits per heavy atom. The van der Waals surface area contributed by atoms with Gasteiger partial charge in [-0.2, -0.15) is 0 Å². The molecule has 0 saturated heterocycles. The quantitative estimate of drug-likeness (QED) is 0.617. The van der Waals surface area contributed by atoms with E-state index in [-0.39, 0.29) is 17.7 Å². The van der Waals surface area contributed by atoms with Gasteiger partial charge in [-0.3, -0.25) is 0 Å². The van der Waals surface area contributed by atoms with Gasteiger partial charge >= 0.3 is 5.97 Å². The summed E-state index contributed by atoms with van der Waals surface area (Å²) in [7, 11) is 0. The molecule has 0 atom stereocenters. The lowest BCUT2D eigenvalue weighted by molar-refractivity contribution is 0.0696. The standard InChI is InChI=1S/C12H13FO3/c1-2-3-6-16-8-10-7-9(12(14)15)4-5-11(10)13/h2-5,7H,6,8H2,1H3,(H,14,15). The lowest BCUT2D eigenvalue weighted by Gasteiger charge is -2.04. The van der Waals surface area contributed by atoms with Gasteiger partial charge in [0, 0.05) is 5.56 Å². The van der Waals surface area contributed by atoms with Crippen LogP contribution in [0.15, 0.2) is 30.4 Å². The van der Waals surface area contributed by atoms with Crippen molar-refractivity contribution in [1.29, 1.82) is 0 Å². The van der Waals surface area contributed by atoms with Gasteiger partial charge in [-0.25, -0.2) is 9.18 Å². The minimum Gasteiger partial charge on any atom is -0.478 e. The first-order valence-electron chi connectivity index (χ1n) is 4.85. The van der Waals surface area contributed by atoms with Crippen LogP contribution in [0, 0.1) is 5.82 Å². The molecule has 3 nitrogen and oxygen atoms in total. The molecule has 0 aliphatic heterocycles. The van der Waals surface area contributed by atoms with Gasteiger partial charge in [-0.05, 0) is 25.1 Å². The first-order valence-corrected chi connectivity index (χ1v) is 4.85. The van der Waals surface area contributed by atoms with Gasteiger partial charge in [0.05, 0.1) is 18.8 Å². The Bertz CT molecular complexity index is 399. The van der Waals surface area contributed by atoms with Crippen molar-refractivity contribution in [2.24, 2.45) is 0 Å². The van der Waals surface area contributed by atoms with Crippen LogP contribution in [0.3, 0.4) is 0 Å². The minimum atomic E-state index is -1.07. The number of aromatic carboxylic acids is 1. The Kier molecular flexibility index (Phi) is 4.66. The summed E-state index contributed by atoms with van der Waals surface area (Å²) < 4.78 is 18.4. The van der Waals surface area contributed by atoms with E-state index in [9.17, 15) is 9.18 Å². The van der Waals surface area contributed by atoms with Crippen LogP contribution < -0.4 is 0 Å². The summed E-state index contributed by atoms with van der Waals surface area (Å²) in [5.41, 5.74) is 0.315. The highest BCUT2D eigenvalue weighted by atomic mass is 19.1. The molecule has 0 aliphatic carbocycles. The second-order valence-corrected chi connectivity index (χ2v) is 3.20. The third-order valence-corrected chi connectivity index (χ3v) is 2.00. The van der Waals surface area contributed by atoms with Crippen LogP contribution in [0.2, 0.25) is 0 Å². The fourth-order valence-electron chi connectivity index (χ4n) is 1.15. The lowest BCUT2D eigenvalue weighted by Crippen LogP contribution is -2.01. The van der Waals surface area contributed by atoms with Gasteiger partial charge in [0.15, 0.2) is 0 Å². The predicted molar refractivity (Wildman–Crippen MR) is 57.8 cm³/mol. The van der Waals surface area contributed by atoms with Crippen molar-refractivity contribution in [2.45, 2.75) is 13.5 Å². The average molecular weight is 224 g/mol. The summed E-state index contributed by atoms with van der Waals surface area (Å²) in [5, 5.41) is 8.74. The maximum Gasteiger partial charge on any atom is 0.335 e. The third-order valence-electron chi connectivity index (χ3n) is 2.00. The van der Waals surface area contributed by atoms with Crippen molar-refractivity contribution in [3.05, 3.63) is 47.3 Å². The Labute approximate surface area is 93.2 Å². The molecular formula is C12H13FO3. The van der Waals surface area contributed by atoms with E-state index >= 15 is 0 Å². The second kappa shape index (κ2) is 6.02. The van der Waals surface area contributed by atoms with E-state index in [1.807, 2.05) is 13.0 Å². The fourth-order valence-corrected chi connectivity index (χ4v) is 1.15. The molecule has 16 heavy (non-hydrogen) atoms. The molecule has 1 aromatic rings. The first-order chi connectivity index (χ1) is 7.65. The van der Waals surface area contributed by atoms with Crippen LogP contribution in [0.1, 0.15) is 22.8 Å². The number of rotatable bonds is 5. The zero-order valence-electron chi connectivity index (χ0n) is 8.94. The smallest absolute Gasteiger partial charge is 0.335 e. The molecule has 4 heteroatoms. The summed E-state index contributed by atoms with van der Waals surface area (Å²) in [6, 6.07) is 3.65. The molecule has 0 spiro atoms. The predicted octanol–water partition coefficient (Wildman–Crippen LogP) is 2.62. The fraction of sp³-hybridized carbons (Fsp3) is 0.250. The van der Waals surface area contributed by atoms with Gasteiger partial charge in [-0.15, -0.1) is 0 Å². The maximum atomic E-state index is 13.3. The largest absolute Gasteiger partial charge is 0.478 e. The summed E-state index contributed by atoms with van der Waals surface area (Å²) in [6.07, 6.45) is 3.61. The number of hydrogen-bond acceptors (Lipinski definition) is 2. The molecule has 0 radical (unpaired) electrons. The average Bonchev–Trinajstić information content (AvgIpc) is 2.26. The Balaban J connectivity index is 2.70. The van der Waals surface area contributed by atoms with Crippen molar-refractivity contribution < 1.29 is 19.0 Å². The van der Waals surface area contributed by atoms with Crippen LogP contribution in [-0.2, 0) is 11.3 Å². The monoisotopic (exact) mass is 224 g/mol. The van der Waals surface area contributed by atoms with Gasteiger partial charge in [0.2, 0.25) is 0 Å². The van der Waals surface area contributed by atoms with Gasteiger partial charge in [0.25, 0.3) is 0 Å². The Morgan fingerprint density at radius 2 is 2.31 bits per heavy atom. The van der Waals surface area contributed by atoms with E-state index < -0.39 is 11.8 Å². The molecule has 0 saturated carbocycles. The number of ether oxygens (including phenoxy) is 1. The molecule has 1 N–H and O–H groups in total. The summed E-state index contributed by atoms with van der Waals surface area (Å²) >= 11 is 0.